The van der Waals surface area contributed by atoms with E-state index in [1.54, 1.807) is 12.1 Å². The minimum absolute atomic E-state index is 0.136. The highest BCUT2D eigenvalue weighted by Crippen LogP contribution is 2.15. The second-order valence-electron chi connectivity index (χ2n) is 2.18. The number of carbonyl (C=O) groups excluding carboxylic acids is 1. The van der Waals surface area contributed by atoms with Crippen LogP contribution in [0.2, 0.25) is 0 Å². The lowest BCUT2D eigenvalue weighted by Gasteiger charge is -2.02. The van der Waals surface area contributed by atoms with E-state index in [-0.39, 0.29) is 5.75 Å². The van der Waals surface area contributed by atoms with Crippen LogP contribution < -0.4 is 4.74 Å². The van der Waals surface area contributed by atoms with Gasteiger partial charge in [0.15, 0.2) is 0 Å². The van der Waals surface area contributed by atoms with Crippen LogP contribution in [-0.4, -0.2) is 12.4 Å². The predicted molar refractivity (Wildman–Crippen MR) is 50.8 cm³/mol. The molecule has 1 rings (SSSR count). The highest BCUT2D eigenvalue weighted by Gasteiger charge is 2.17. The zero-order valence-electron chi connectivity index (χ0n) is 6.34. The molecule has 0 aliphatic carbocycles. The second kappa shape index (κ2) is 4.50. The van der Waals surface area contributed by atoms with Gasteiger partial charge in [-0.2, -0.15) is 8.78 Å². The molecule has 0 atom stereocenters. The van der Waals surface area contributed by atoms with Crippen molar-refractivity contribution in [2.45, 2.75) is 6.43 Å². The van der Waals surface area contributed by atoms with Crippen molar-refractivity contribution in [3.05, 3.63) is 27.8 Å². The predicted octanol–water partition coefficient (Wildman–Crippen LogP) is 2.46. The molecule has 13 heavy (non-hydrogen) atoms. The van der Waals surface area contributed by atoms with E-state index in [4.69, 9.17) is 0 Å². The zero-order valence-corrected chi connectivity index (χ0v) is 8.49. The standard InChI is InChI=1S/C8H5F2IO2/c9-7(10)8(12)13-6-3-1-2-5(11)4-6/h1-4,7H. The summed E-state index contributed by atoms with van der Waals surface area (Å²) >= 11 is 1.99. The average Bonchev–Trinajstić information content (AvgIpc) is 2.04. The van der Waals surface area contributed by atoms with E-state index in [9.17, 15) is 13.6 Å². The Labute approximate surface area is 87.0 Å². The Morgan fingerprint density at radius 1 is 1.46 bits per heavy atom. The van der Waals surface area contributed by atoms with E-state index < -0.39 is 12.4 Å². The molecule has 0 N–H and O–H groups in total. The van der Waals surface area contributed by atoms with Gasteiger partial charge >= 0.3 is 12.4 Å². The van der Waals surface area contributed by atoms with Crippen molar-refractivity contribution in [2.24, 2.45) is 0 Å². The van der Waals surface area contributed by atoms with E-state index in [0.717, 1.165) is 3.57 Å². The van der Waals surface area contributed by atoms with Crippen LogP contribution in [0.15, 0.2) is 24.3 Å². The smallest absolute Gasteiger partial charge is 0.379 e. The molecule has 0 aliphatic rings. The molecule has 0 aromatic heterocycles. The van der Waals surface area contributed by atoms with Crippen LogP contribution in [0, 0.1) is 3.57 Å². The lowest BCUT2D eigenvalue weighted by molar-refractivity contribution is -0.146. The molecule has 0 aliphatic heterocycles. The Morgan fingerprint density at radius 3 is 2.69 bits per heavy atom. The van der Waals surface area contributed by atoms with Gasteiger partial charge in [-0.05, 0) is 40.8 Å². The van der Waals surface area contributed by atoms with Gasteiger partial charge in [0.1, 0.15) is 5.75 Å². The molecule has 0 spiro atoms. The molecule has 1 aromatic carbocycles. The monoisotopic (exact) mass is 298 g/mol. The molecule has 0 heterocycles. The van der Waals surface area contributed by atoms with Crippen molar-refractivity contribution in [1.29, 1.82) is 0 Å². The molecular formula is C8H5F2IO2. The number of carbonyl (C=O) groups is 1. The van der Waals surface area contributed by atoms with Crippen LogP contribution >= 0.6 is 22.6 Å². The maximum Gasteiger partial charge on any atom is 0.379 e. The van der Waals surface area contributed by atoms with Crippen LogP contribution in [0.5, 0.6) is 5.75 Å². The molecular weight excluding hydrogens is 293 g/mol. The lowest BCUT2D eigenvalue weighted by atomic mass is 10.3. The van der Waals surface area contributed by atoms with Crippen LogP contribution in [0.1, 0.15) is 0 Å². The van der Waals surface area contributed by atoms with Crippen LogP contribution in [-0.2, 0) is 4.79 Å². The number of hydrogen-bond donors (Lipinski definition) is 0. The molecule has 0 saturated heterocycles. The van der Waals surface area contributed by atoms with Crippen LogP contribution in [0.4, 0.5) is 8.78 Å². The number of alkyl halides is 2. The first-order valence-electron chi connectivity index (χ1n) is 3.35. The molecule has 70 valence electrons. The molecule has 5 heteroatoms. The van der Waals surface area contributed by atoms with Gasteiger partial charge in [0.2, 0.25) is 0 Å². The Hall–Kier alpha value is -0.720. The molecule has 1 aromatic rings. The van der Waals surface area contributed by atoms with Crippen molar-refractivity contribution in [2.75, 3.05) is 0 Å². The number of hydrogen-bond acceptors (Lipinski definition) is 2. The van der Waals surface area contributed by atoms with Gasteiger partial charge in [0.25, 0.3) is 0 Å². The highest BCUT2D eigenvalue weighted by atomic mass is 127. The summed E-state index contributed by atoms with van der Waals surface area (Å²) in [6, 6.07) is 6.33. The zero-order chi connectivity index (χ0) is 9.84. The number of benzene rings is 1. The minimum atomic E-state index is -3.09. The Kier molecular flexibility index (Phi) is 3.58. The number of rotatable bonds is 2. The van der Waals surface area contributed by atoms with E-state index >= 15 is 0 Å². The van der Waals surface area contributed by atoms with Crippen LogP contribution in [0.25, 0.3) is 0 Å². The van der Waals surface area contributed by atoms with Crippen molar-refractivity contribution in [1.82, 2.24) is 0 Å². The molecule has 2 nitrogen and oxygen atoms in total. The summed E-state index contributed by atoms with van der Waals surface area (Å²) in [6.07, 6.45) is -3.09. The maximum absolute atomic E-state index is 11.7. The topological polar surface area (TPSA) is 26.3 Å². The Bertz CT molecular complexity index is 315. The fourth-order valence-electron chi connectivity index (χ4n) is 0.691. The van der Waals surface area contributed by atoms with Gasteiger partial charge in [-0.15, -0.1) is 0 Å². The molecule has 0 saturated carbocycles. The molecule has 0 fully saturated rings. The highest BCUT2D eigenvalue weighted by molar-refractivity contribution is 14.1. The summed E-state index contributed by atoms with van der Waals surface area (Å²) in [6.45, 7) is 0. The summed E-state index contributed by atoms with van der Waals surface area (Å²) in [5.41, 5.74) is 0. The number of halogens is 3. The molecule has 0 unspecified atom stereocenters. The third-order valence-corrected chi connectivity index (χ3v) is 1.86. The van der Waals surface area contributed by atoms with E-state index in [1.165, 1.54) is 12.1 Å². The second-order valence-corrected chi connectivity index (χ2v) is 3.42. The average molecular weight is 298 g/mol. The van der Waals surface area contributed by atoms with Crippen LogP contribution in [0.3, 0.4) is 0 Å². The summed E-state index contributed by atoms with van der Waals surface area (Å²) < 4.78 is 28.7. The third kappa shape index (κ3) is 3.25. The Balaban J connectivity index is 2.69. The van der Waals surface area contributed by atoms with Crippen molar-refractivity contribution >= 4 is 28.6 Å². The van der Waals surface area contributed by atoms with Crippen molar-refractivity contribution in [3.8, 4) is 5.75 Å². The summed E-state index contributed by atoms with van der Waals surface area (Å²) in [5.74, 6) is -1.39. The first-order valence-corrected chi connectivity index (χ1v) is 4.43. The number of ether oxygens (including phenoxy) is 1. The lowest BCUT2D eigenvalue weighted by Crippen LogP contribution is -2.17. The maximum atomic E-state index is 11.7. The summed E-state index contributed by atoms with van der Waals surface area (Å²) in [7, 11) is 0. The molecule has 0 bridgehead atoms. The first-order chi connectivity index (χ1) is 6.09. The fourth-order valence-corrected chi connectivity index (χ4v) is 1.21. The number of esters is 1. The minimum Gasteiger partial charge on any atom is -0.422 e. The fraction of sp³-hybridized carbons (Fsp3) is 0.125. The first kappa shape index (κ1) is 10.4. The largest absolute Gasteiger partial charge is 0.422 e. The van der Waals surface area contributed by atoms with E-state index in [2.05, 4.69) is 4.74 Å². The Morgan fingerprint density at radius 2 is 2.15 bits per heavy atom. The SMILES string of the molecule is O=C(Oc1cccc(I)c1)C(F)F. The molecule has 0 radical (unpaired) electrons. The quantitative estimate of drug-likeness (QED) is 0.476. The van der Waals surface area contributed by atoms with Gasteiger partial charge < -0.3 is 4.74 Å². The van der Waals surface area contributed by atoms with E-state index in [1.807, 2.05) is 22.6 Å². The normalized spacial score (nSPS) is 10.2. The van der Waals surface area contributed by atoms with Crippen molar-refractivity contribution < 1.29 is 18.3 Å². The van der Waals surface area contributed by atoms with Crippen molar-refractivity contribution in [3.63, 3.8) is 0 Å². The van der Waals surface area contributed by atoms with E-state index in [0.29, 0.717) is 0 Å². The third-order valence-electron chi connectivity index (χ3n) is 1.19. The van der Waals surface area contributed by atoms with Gasteiger partial charge in [-0.3, -0.25) is 0 Å². The van der Waals surface area contributed by atoms with Gasteiger partial charge in [-0.25, -0.2) is 4.79 Å². The summed E-state index contributed by atoms with van der Waals surface area (Å²) in [5, 5.41) is 0. The van der Waals surface area contributed by atoms with Gasteiger partial charge in [0.05, 0.1) is 0 Å². The molecule has 0 amide bonds. The van der Waals surface area contributed by atoms with Gasteiger partial charge in [-0.1, -0.05) is 6.07 Å². The summed E-state index contributed by atoms with van der Waals surface area (Å²) in [4.78, 5) is 10.4. The van der Waals surface area contributed by atoms with Gasteiger partial charge in [0, 0.05) is 3.57 Å².